The quantitative estimate of drug-likeness (QED) is 0.611. The number of hydrogen-bond donors (Lipinski definition) is 1. The highest BCUT2D eigenvalue weighted by atomic mass is 35.5. The van der Waals surface area contributed by atoms with Gasteiger partial charge in [-0.2, -0.15) is 0 Å². The Hall–Kier alpha value is -2.92. The molecule has 1 saturated heterocycles. The maximum Gasteiger partial charge on any atom is 0.408 e. The lowest BCUT2D eigenvalue weighted by molar-refractivity contribution is 0.0976. The summed E-state index contributed by atoms with van der Waals surface area (Å²) in [5, 5.41) is 10.7. The first-order valence-corrected chi connectivity index (χ1v) is 10.5. The molecule has 30 heavy (non-hydrogen) atoms. The number of amides is 1. The lowest BCUT2D eigenvalue weighted by Crippen LogP contribution is -2.47. The Morgan fingerprint density at radius 2 is 1.83 bits per heavy atom. The standard InChI is InChI=1S/C24H24ClN3O2/c1-17-21(14-18-8-10-20(25)11-9-18)22(27-16-26-17)24(12-5-13-28(24)23(29)30)15-19-6-3-2-4-7-19/h2-4,6-11,16H,5,12-15H2,1H3,(H,29,30)/t24-/m1/s1. The Morgan fingerprint density at radius 3 is 2.53 bits per heavy atom. The number of halogens is 1. The van der Waals surface area contributed by atoms with E-state index in [-0.39, 0.29) is 0 Å². The summed E-state index contributed by atoms with van der Waals surface area (Å²) < 4.78 is 0. The zero-order valence-corrected chi connectivity index (χ0v) is 17.6. The number of likely N-dealkylation sites (tertiary alicyclic amines) is 1. The summed E-state index contributed by atoms with van der Waals surface area (Å²) in [6, 6.07) is 17.8. The molecule has 2 heterocycles. The van der Waals surface area contributed by atoms with Gasteiger partial charge in [-0.1, -0.05) is 54.1 Å². The number of rotatable bonds is 5. The van der Waals surface area contributed by atoms with Gasteiger partial charge in [-0.15, -0.1) is 0 Å². The van der Waals surface area contributed by atoms with Crippen molar-refractivity contribution in [3.05, 3.63) is 94.0 Å². The van der Waals surface area contributed by atoms with E-state index < -0.39 is 11.6 Å². The summed E-state index contributed by atoms with van der Waals surface area (Å²) in [6.07, 6.45) is 3.41. The predicted molar refractivity (Wildman–Crippen MR) is 117 cm³/mol. The zero-order valence-electron chi connectivity index (χ0n) is 16.9. The molecule has 1 fully saturated rings. The molecular formula is C24H24ClN3O2. The molecule has 0 spiro atoms. The van der Waals surface area contributed by atoms with Crippen LogP contribution in [0.5, 0.6) is 0 Å². The molecule has 1 aromatic heterocycles. The predicted octanol–water partition coefficient (Wildman–Crippen LogP) is 5.24. The van der Waals surface area contributed by atoms with Crippen molar-refractivity contribution in [3.8, 4) is 0 Å². The van der Waals surface area contributed by atoms with Gasteiger partial charge in [0.05, 0.1) is 11.2 Å². The third kappa shape index (κ3) is 3.90. The van der Waals surface area contributed by atoms with Gasteiger partial charge in [0.2, 0.25) is 0 Å². The number of benzene rings is 2. The van der Waals surface area contributed by atoms with E-state index in [4.69, 9.17) is 16.6 Å². The summed E-state index contributed by atoms with van der Waals surface area (Å²) >= 11 is 6.05. The Morgan fingerprint density at radius 1 is 1.10 bits per heavy atom. The van der Waals surface area contributed by atoms with E-state index in [1.54, 1.807) is 11.2 Å². The maximum absolute atomic E-state index is 12.2. The van der Waals surface area contributed by atoms with Crippen molar-refractivity contribution in [2.45, 2.75) is 38.1 Å². The van der Waals surface area contributed by atoms with Crippen molar-refractivity contribution in [1.82, 2.24) is 14.9 Å². The molecule has 0 radical (unpaired) electrons. The van der Waals surface area contributed by atoms with Gasteiger partial charge < -0.3 is 5.11 Å². The fourth-order valence-corrected chi connectivity index (χ4v) is 4.65. The number of nitrogens with zero attached hydrogens (tertiary/aromatic N) is 3. The van der Waals surface area contributed by atoms with Crippen LogP contribution in [0.15, 0.2) is 60.9 Å². The van der Waals surface area contributed by atoms with E-state index in [2.05, 4.69) is 4.98 Å². The third-order valence-corrected chi connectivity index (χ3v) is 6.21. The third-order valence-electron chi connectivity index (χ3n) is 5.95. The van der Waals surface area contributed by atoms with Crippen LogP contribution in [0.4, 0.5) is 4.79 Å². The van der Waals surface area contributed by atoms with Crippen molar-refractivity contribution in [2.24, 2.45) is 0 Å². The highest BCUT2D eigenvalue weighted by Crippen LogP contribution is 2.43. The molecule has 0 aliphatic carbocycles. The van der Waals surface area contributed by atoms with E-state index >= 15 is 0 Å². The molecule has 1 atom stereocenters. The first kappa shape index (κ1) is 20.4. The van der Waals surface area contributed by atoms with E-state index in [0.29, 0.717) is 24.4 Å². The largest absolute Gasteiger partial charge is 0.465 e. The molecule has 4 rings (SSSR count). The first-order chi connectivity index (χ1) is 14.5. The van der Waals surface area contributed by atoms with Crippen LogP contribution in [0.2, 0.25) is 5.02 Å². The van der Waals surface area contributed by atoms with Crippen LogP contribution >= 0.6 is 11.6 Å². The second-order valence-electron chi connectivity index (χ2n) is 7.82. The van der Waals surface area contributed by atoms with E-state index in [1.165, 1.54) is 0 Å². The average molecular weight is 422 g/mol. The van der Waals surface area contributed by atoms with Crippen molar-refractivity contribution in [3.63, 3.8) is 0 Å². The van der Waals surface area contributed by atoms with Gasteiger partial charge in [0.15, 0.2) is 0 Å². The zero-order chi connectivity index (χ0) is 21.1. The summed E-state index contributed by atoms with van der Waals surface area (Å²) in [7, 11) is 0. The summed E-state index contributed by atoms with van der Waals surface area (Å²) in [5.41, 5.74) is 4.16. The minimum atomic E-state index is -0.905. The van der Waals surface area contributed by atoms with Gasteiger partial charge in [-0.3, -0.25) is 4.90 Å². The Kier molecular flexibility index (Phi) is 5.73. The topological polar surface area (TPSA) is 66.3 Å². The second-order valence-corrected chi connectivity index (χ2v) is 8.26. The van der Waals surface area contributed by atoms with Crippen molar-refractivity contribution in [1.29, 1.82) is 0 Å². The van der Waals surface area contributed by atoms with Crippen LogP contribution in [-0.2, 0) is 18.4 Å². The van der Waals surface area contributed by atoms with Gasteiger partial charge in [0, 0.05) is 35.7 Å². The number of aromatic nitrogens is 2. The lowest BCUT2D eigenvalue weighted by Gasteiger charge is -2.38. The molecule has 1 aliphatic rings. The Labute approximate surface area is 181 Å². The minimum Gasteiger partial charge on any atom is -0.465 e. The summed E-state index contributed by atoms with van der Waals surface area (Å²) in [6.45, 7) is 2.47. The van der Waals surface area contributed by atoms with Crippen molar-refractivity contribution in [2.75, 3.05) is 6.54 Å². The normalized spacial score (nSPS) is 18.5. The molecular weight excluding hydrogens is 398 g/mol. The van der Waals surface area contributed by atoms with Gasteiger partial charge in [-0.05, 0) is 43.0 Å². The van der Waals surface area contributed by atoms with Gasteiger partial charge in [0.25, 0.3) is 0 Å². The minimum absolute atomic E-state index is 0.506. The van der Waals surface area contributed by atoms with Crippen LogP contribution < -0.4 is 0 Å². The van der Waals surface area contributed by atoms with Crippen LogP contribution in [0.1, 0.15) is 40.9 Å². The molecule has 3 aromatic rings. The SMILES string of the molecule is Cc1ncnc([C@]2(Cc3ccccc3)CCCN2C(=O)O)c1Cc1ccc(Cl)cc1. The fraction of sp³-hybridized carbons (Fsp3) is 0.292. The van der Waals surface area contributed by atoms with Crippen molar-refractivity contribution >= 4 is 17.7 Å². The Balaban J connectivity index is 1.84. The monoisotopic (exact) mass is 421 g/mol. The molecule has 0 saturated carbocycles. The Bertz CT molecular complexity index is 1040. The smallest absolute Gasteiger partial charge is 0.408 e. The number of carbonyl (C=O) groups is 1. The lowest BCUT2D eigenvalue weighted by atomic mass is 9.81. The fourth-order valence-electron chi connectivity index (χ4n) is 4.52. The highest BCUT2D eigenvalue weighted by Gasteiger charge is 2.47. The van der Waals surface area contributed by atoms with Gasteiger partial charge in [0.1, 0.15) is 6.33 Å². The molecule has 1 amide bonds. The van der Waals surface area contributed by atoms with Gasteiger partial charge in [-0.25, -0.2) is 14.8 Å². The average Bonchev–Trinajstić information content (AvgIpc) is 3.16. The van der Waals surface area contributed by atoms with Crippen LogP contribution in [0.25, 0.3) is 0 Å². The molecule has 2 aromatic carbocycles. The van der Waals surface area contributed by atoms with Crippen LogP contribution in [0.3, 0.4) is 0 Å². The molecule has 1 N–H and O–H groups in total. The van der Waals surface area contributed by atoms with Crippen LogP contribution in [-0.4, -0.2) is 32.6 Å². The molecule has 5 nitrogen and oxygen atoms in total. The summed E-state index contributed by atoms with van der Waals surface area (Å²) in [5.74, 6) is 0. The second kappa shape index (κ2) is 8.44. The molecule has 154 valence electrons. The number of hydrogen-bond acceptors (Lipinski definition) is 3. The molecule has 6 heteroatoms. The molecule has 0 unspecified atom stereocenters. The van der Waals surface area contributed by atoms with E-state index in [9.17, 15) is 9.90 Å². The first-order valence-electron chi connectivity index (χ1n) is 10.1. The maximum atomic E-state index is 12.2. The number of aryl methyl sites for hydroxylation is 1. The van der Waals surface area contributed by atoms with Gasteiger partial charge >= 0.3 is 6.09 Å². The van der Waals surface area contributed by atoms with Crippen LogP contribution in [0, 0.1) is 6.92 Å². The molecule has 1 aliphatic heterocycles. The van der Waals surface area contributed by atoms with E-state index in [0.717, 1.165) is 40.9 Å². The highest BCUT2D eigenvalue weighted by molar-refractivity contribution is 6.30. The van der Waals surface area contributed by atoms with E-state index in [1.807, 2.05) is 61.5 Å². The number of carboxylic acid groups (broad SMARTS) is 1. The summed E-state index contributed by atoms with van der Waals surface area (Å²) in [4.78, 5) is 22.9. The van der Waals surface area contributed by atoms with Crippen molar-refractivity contribution < 1.29 is 9.90 Å². The molecule has 0 bridgehead atoms.